The van der Waals surface area contributed by atoms with Crippen molar-refractivity contribution in [2.75, 3.05) is 34.0 Å². The van der Waals surface area contributed by atoms with E-state index in [9.17, 15) is 28.8 Å². The molecule has 4 aromatic carbocycles. The molecular weight excluding hydrogens is 927 g/mol. The molecule has 0 bridgehead atoms. The van der Waals surface area contributed by atoms with E-state index in [0.29, 0.717) is 99.6 Å². The van der Waals surface area contributed by atoms with Crippen LogP contribution < -0.4 is 24.3 Å². The lowest BCUT2D eigenvalue weighted by Crippen LogP contribution is -2.51. The van der Waals surface area contributed by atoms with Crippen LogP contribution in [-0.4, -0.2) is 91.2 Å². The number of ether oxygens (including phenoxy) is 5. The lowest BCUT2D eigenvalue weighted by Gasteiger charge is -2.37. The predicted molar refractivity (Wildman–Crippen MR) is 277 cm³/mol. The average molecular weight is 998 g/mol. The lowest BCUT2D eigenvalue weighted by atomic mass is 9.91. The molecular formula is C59H71N3O11. The zero-order chi connectivity index (χ0) is 52.2. The molecule has 14 heteroatoms. The minimum absolute atomic E-state index is 0.0241. The Balaban J connectivity index is 0.908. The summed E-state index contributed by atoms with van der Waals surface area (Å²) in [6.45, 7) is 12.5. The van der Waals surface area contributed by atoms with Crippen molar-refractivity contribution in [3.05, 3.63) is 130 Å². The van der Waals surface area contributed by atoms with Gasteiger partial charge in [-0.05, 0) is 149 Å². The molecule has 1 unspecified atom stereocenters. The number of carbonyl (C=O) groups excluding carboxylic acids is 6. The van der Waals surface area contributed by atoms with Crippen LogP contribution in [-0.2, 0) is 30.3 Å². The first kappa shape index (κ1) is 53.8. The zero-order valence-corrected chi connectivity index (χ0v) is 43.4. The second kappa shape index (κ2) is 25.1. The van der Waals surface area contributed by atoms with E-state index in [1.54, 1.807) is 43.4 Å². The summed E-state index contributed by atoms with van der Waals surface area (Å²) in [5.41, 5.74) is 6.90. The van der Waals surface area contributed by atoms with Gasteiger partial charge >= 0.3 is 5.97 Å². The molecule has 388 valence electrons. The number of carbonyl (C=O) groups is 6. The molecule has 3 aliphatic heterocycles. The van der Waals surface area contributed by atoms with Gasteiger partial charge in [-0.3, -0.25) is 28.9 Å². The number of Topliss-reactive ketones (excluding diaryl/α,β-unsaturated/α-hetero) is 1. The summed E-state index contributed by atoms with van der Waals surface area (Å²) in [5, 5.41) is 2.65. The van der Waals surface area contributed by atoms with Crippen molar-refractivity contribution in [2.24, 2.45) is 0 Å². The van der Waals surface area contributed by atoms with Crippen LogP contribution in [0.4, 0.5) is 0 Å². The van der Waals surface area contributed by atoms with E-state index in [0.717, 1.165) is 59.3 Å². The number of esters is 1. The van der Waals surface area contributed by atoms with Crippen molar-refractivity contribution >= 4 is 35.4 Å². The third-order valence-corrected chi connectivity index (χ3v) is 14.4. The number of unbranched alkanes of at least 4 members (excludes halogenated alkanes) is 4. The molecule has 73 heavy (non-hydrogen) atoms. The summed E-state index contributed by atoms with van der Waals surface area (Å²) in [6, 6.07) is 20.9. The number of ketones is 1. The fraction of sp³-hybridized carbons (Fsp3) is 0.458. The summed E-state index contributed by atoms with van der Waals surface area (Å²) in [4.78, 5) is 83.9. The van der Waals surface area contributed by atoms with Crippen molar-refractivity contribution in [3.63, 3.8) is 0 Å². The molecule has 4 amide bonds. The number of benzene rings is 4. The molecule has 0 saturated carbocycles. The van der Waals surface area contributed by atoms with Gasteiger partial charge in [-0.1, -0.05) is 75.2 Å². The van der Waals surface area contributed by atoms with E-state index in [4.69, 9.17) is 23.7 Å². The smallest absolute Gasteiger partial charge is 0.329 e. The predicted octanol–water partition coefficient (Wildman–Crippen LogP) is 10.2. The minimum atomic E-state index is -0.890. The highest BCUT2D eigenvalue weighted by atomic mass is 16.5. The second-order valence-corrected chi connectivity index (χ2v) is 19.5. The van der Waals surface area contributed by atoms with Crippen molar-refractivity contribution in [2.45, 2.75) is 142 Å². The number of allylic oxidation sites excluding steroid dienone is 1. The van der Waals surface area contributed by atoms with Crippen molar-refractivity contribution in [3.8, 4) is 23.0 Å². The van der Waals surface area contributed by atoms with Gasteiger partial charge < -0.3 is 33.9 Å². The number of amides is 4. The van der Waals surface area contributed by atoms with Gasteiger partial charge in [0.1, 0.15) is 36.3 Å². The number of fused-ring (bicyclic) bond motifs is 1. The summed E-state index contributed by atoms with van der Waals surface area (Å²) in [6.07, 6.45) is 8.28. The molecule has 0 aliphatic carbocycles. The summed E-state index contributed by atoms with van der Waals surface area (Å²) >= 11 is 0. The van der Waals surface area contributed by atoms with E-state index in [1.807, 2.05) is 44.2 Å². The highest BCUT2D eigenvalue weighted by molar-refractivity contribution is 6.24. The fourth-order valence-electron chi connectivity index (χ4n) is 10.2. The Morgan fingerprint density at radius 1 is 0.781 bits per heavy atom. The molecule has 0 aromatic heterocycles. The van der Waals surface area contributed by atoms with Crippen molar-refractivity contribution in [1.29, 1.82) is 0 Å². The molecule has 14 nitrogen and oxygen atoms in total. The van der Waals surface area contributed by atoms with E-state index in [2.05, 4.69) is 43.9 Å². The Morgan fingerprint density at radius 2 is 1.56 bits per heavy atom. The molecule has 4 aromatic rings. The summed E-state index contributed by atoms with van der Waals surface area (Å²) in [7, 11) is 3.17. The van der Waals surface area contributed by atoms with Gasteiger partial charge in [-0.25, -0.2) is 4.79 Å². The first-order valence-electron chi connectivity index (χ1n) is 25.9. The number of hydrogen-bond donors (Lipinski definition) is 1. The third kappa shape index (κ3) is 13.0. The van der Waals surface area contributed by atoms with E-state index < -0.39 is 47.8 Å². The normalized spacial score (nSPS) is 17.4. The van der Waals surface area contributed by atoms with E-state index in [1.165, 1.54) is 11.1 Å². The summed E-state index contributed by atoms with van der Waals surface area (Å²) in [5.74, 6) is -0.516. The van der Waals surface area contributed by atoms with Gasteiger partial charge in [0.15, 0.2) is 17.3 Å². The van der Waals surface area contributed by atoms with Crippen LogP contribution in [0, 0.1) is 20.8 Å². The Kier molecular flexibility index (Phi) is 18.5. The molecule has 3 aliphatic rings. The summed E-state index contributed by atoms with van der Waals surface area (Å²) < 4.78 is 29.7. The largest absolute Gasteiger partial charge is 0.493 e. The number of likely N-dealkylation sites (tertiary alicyclic amines) is 1. The number of methoxy groups -OCH3 is 2. The van der Waals surface area contributed by atoms with Crippen LogP contribution in [0.3, 0.4) is 0 Å². The average Bonchev–Trinajstić information content (AvgIpc) is 3.64. The van der Waals surface area contributed by atoms with Gasteiger partial charge in [0.25, 0.3) is 11.8 Å². The number of nitrogens with zero attached hydrogens (tertiary/aromatic N) is 2. The monoisotopic (exact) mass is 998 g/mol. The van der Waals surface area contributed by atoms with Crippen LogP contribution in [0.15, 0.2) is 85.1 Å². The number of nitrogens with one attached hydrogen (secondary N) is 1. The quantitative estimate of drug-likeness (QED) is 0.0403. The van der Waals surface area contributed by atoms with Crippen LogP contribution in [0.2, 0.25) is 0 Å². The van der Waals surface area contributed by atoms with E-state index >= 15 is 0 Å². The maximum Gasteiger partial charge on any atom is 0.329 e. The van der Waals surface area contributed by atoms with Crippen LogP contribution in [0.5, 0.6) is 23.0 Å². The first-order valence-corrected chi connectivity index (χ1v) is 25.9. The van der Waals surface area contributed by atoms with Crippen LogP contribution in [0.25, 0.3) is 0 Å². The van der Waals surface area contributed by atoms with Gasteiger partial charge in [0, 0.05) is 18.7 Å². The Hall–Kier alpha value is -6.96. The Bertz CT molecular complexity index is 2700. The standard InChI is InChI=1S/C59H71N3O11/c1-8-46(43-33-39(4)54(70-7)52(35-43)69-6)56(65)61-30-14-13-22-49(61)59(68)73-50(29-27-41-26-24-37(2)38(3)32-41)42-18-16-20-45(34-42)72-36-44(63)19-12-10-9-11-15-31-71-51-23-17-21-47-53(51)58(67)62(57(47)66)48-28-25-40(5)60-55(48)64/h16-18,20-21,23-24,26,32-35,46,48-50H,5,8-15,19,22,25,27-31,36H2,1-4,6-7H3,(H,60,64)/t46-,48?,49-,50+/m0/s1. The first-order chi connectivity index (χ1) is 35.2. The van der Waals surface area contributed by atoms with E-state index in [-0.39, 0.29) is 29.4 Å². The number of piperidine rings is 2. The van der Waals surface area contributed by atoms with Gasteiger partial charge in [-0.15, -0.1) is 0 Å². The number of imide groups is 1. The Morgan fingerprint density at radius 3 is 2.32 bits per heavy atom. The zero-order valence-electron chi connectivity index (χ0n) is 43.4. The Labute approximate surface area is 429 Å². The second-order valence-electron chi connectivity index (χ2n) is 19.5. The number of aryl methyl sites for hydroxylation is 4. The topological polar surface area (TPSA) is 167 Å². The molecule has 4 atom stereocenters. The molecule has 3 heterocycles. The molecule has 0 radical (unpaired) electrons. The number of rotatable bonds is 24. The van der Waals surface area contributed by atoms with Gasteiger partial charge in [-0.2, -0.15) is 0 Å². The van der Waals surface area contributed by atoms with Gasteiger partial charge in [0.2, 0.25) is 11.8 Å². The molecule has 7 rings (SSSR count). The third-order valence-electron chi connectivity index (χ3n) is 14.4. The molecule has 1 N–H and O–H groups in total. The van der Waals surface area contributed by atoms with Gasteiger partial charge in [0.05, 0.1) is 37.9 Å². The highest BCUT2D eigenvalue weighted by Crippen LogP contribution is 2.38. The highest BCUT2D eigenvalue weighted by Gasteiger charge is 2.45. The van der Waals surface area contributed by atoms with Crippen molar-refractivity contribution < 1.29 is 52.5 Å². The fourth-order valence-corrected chi connectivity index (χ4v) is 10.2. The minimum Gasteiger partial charge on any atom is -0.493 e. The van der Waals surface area contributed by atoms with Crippen LogP contribution >= 0.6 is 0 Å². The molecule has 2 fully saturated rings. The maximum atomic E-state index is 14.5. The van der Waals surface area contributed by atoms with Crippen LogP contribution in [0.1, 0.15) is 157 Å². The SMILES string of the molecule is C=C1CCC(N2C(=O)c3cccc(OCCCCCCCC(=O)COc4cccc([C@@H](CCc5ccc(C)c(C)c5)OC(=O)[C@@H]5CCCCN5C(=O)[C@@H](CC)c5cc(C)c(OC)c(OC)c5)c4)c3C2=O)C(=O)N1. The van der Waals surface area contributed by atoms with Crippen molar-refractivity contribution in [1.82, 2.24) is 15.1 Å². The number of hydrogen-bond acceptors (Lipinski definition) is 11. The molecule has 2 saturated heterocycles. The molecule has 0 spiro atoms. The lowest BCUT2D eigenvalue weighted by molar-refractivity contribution is -0.162. The maximum absolute atomic E-state index is 14.5.